The van der Waals surface area contributed by atoms with Gasteiger partial charge >= 0.3 is 11.9 Å². The lowest BCUT2D eigenvalue weighted by atomic mass is 10.1. The molecule has 0 saturated carbocycles. The molecular formula is C9H10F2O2S. The standard InChI is InChI=1S/C9H10F2O2S/c1-2-13-8(12)9(10,11)5-7-3-4-14-6-7/h3-4,6H,2,5H2,1H3. The Kier molecular flexibility index (Phi) is 3.57. The van der Waals surface area contributed by atoms with Crippen LogP contribution in [0.3, 0.4) is 0 Å². The van der Waals surface area contributed by atoms with Crippen molar-refractivity contribution in [1.29, 1.82) is 0 Å². The van der Waals surface area contributed by atoms with Crippen molar-refractivity contribution in [2.24, 2.45) is 0 Å². The van der Waals surface area contributed by atoms with Crippen molar-refractivity contribution in [2.75, 3.05) is 6.61 Å². The number of halogens is 2. The topological polar surface area (TPSA) is 26.3 Å². The summed E-state index contributed by atoms with van der Waals surface area (Å²) >= 11 is 1.32. The molecule has 0 saturated heterocycles. The number of ether oxygens (including phenoxy) is 1. The summed E-state index contributed by atoms with van der Waals surface area (Å²) in [6.45, 7) is 1.47. The van der Waals surface area contributed by atoms with E-state index in [-0.39, 0.29) is 6.61 Å². The molecule has 0 atom stereocenters. The van der Waals surface area contributed by atoms with Crippen LogP contribution in [0.5, 0.6) is 0 Å². The summed E-state index contributed by atoms with van der Waals surface area (Å²) in [7, 11) is 0. The fraction of sp³-hybridized carbons (Fsp3) is 0.444. The van der Waals surface area contributed by atoms with Crippen molar-refractivity contribution in [3.8, 4) is 0 Å². The van der Waals surface area contributed by atoms with Gasteiger partial charge in [-0.1, -0.05) is 0 Å². The lowest BCUT2D eigenvalue weighted by molar-refractivity contribution is -0.171. The molecule has 1 aromatic rings. The second-order valence-electron chi connectivity index (χ2n) is 2.73. The first-order valence-electron chi connectivity index (χ1n) is 4.12. The molecule has 0 aliphatic heterocycles. The number of hydrogen-bond acceptors (Lipinski definition) is 3. The molecule has 0 aromatic carbocycles. The van der Waals surface area contributed by atoms with Crippen molar-refractivity contribution in [3.05, 3.63) is 22.4 Å². The van der Waals surface area contributed by atoms with E-state index in [0.29, 0.717) is 5.56 Å². The number of alkyl halides is 2. The Morgan fingerprint density at radius 1 is 1.64 bits per heavy atom. The van der Waals surface area contributed by atoms with Gasteiger partial charge in [0.2, 0.25) is 0 Å². The van der Waals surface area contributed by atoms with Crippen LogP contribution in [0, 0.1) is 0 Å². The van der Waals surface area contributed by atoms with Gasteiger partial charge in [-0.3, -0.25) is 0 Å². The molecular weight excluding hydrogens is 210 g/mol. The fourth-order valence-corrected chi connectivity index (χ4v) is 1.63. The van der Waals surface area contributed by atoms with Crippen LogP contribution in [-0.2, 0) is 16.0 Å². The monoisotopic (exact) mass is 220 g/mol. The predicted octanol–water partition coefficient (Wildman–Crippen LogP) is 2.49. The zero-order valence-corrected chi connectivity index (χ0v) is 8.44. The minimum absolute atomic E-state index is 0.0297. The van der Waals surface area contributed by atoms with E-state index < -0.39 is 18.3 Å². The molecule has 1 heterocycles. The van der Waals surface area contributed by atoms with Crippen LogP contribution in [0.25, 0.3) is 0 Å². The molecule has 5 heteroatoms. The van der Waals surface area contributed by atoms with Crippen LogP contribution in [0.1, 0.15) is 12.5 Å². The molecule has 1 rings (SSSR count). The highest BCUT2D eigenvalue weighted by molar-refractivity contribution is 7.07. The molecule has 0 N–H and O–H groups in total. The number of carbonyl (C=O) groups is 1. The minimum atomic E-state index is -3.42. The van der Waals surface area contributed by atoms with E-state index in [2.05, 4.69) is 4.74 Å². The normalized spacial score (nSPS) is 11.4. The average Bonchev–Trinajstić information content (AvgIpc) is 2.56. The van der Waals surface area contributed by atoms with Crippen LogP contribution in [0.15, 0.2) is 16.8 Å². The predicted molar refractivity (Wildman–Crippen MR) is 49.6 cm³/mol. The van der Waals surface area contributed by atoms with Gasteiger partial charge in [0.15, 0.2) is 0 Å². The van der Waals surface area contributed by atoms with E-state index in [1.54, 1.807) is 16.8 Å². The number of thiophene rings is 1. The smallest absolute Gasteiger partial charge is 0.377 e. The molecule has 0 aliphatic carbocycles. The van der Waals surface area contributed by atoms with Gasteiger partial charge in [0, 0.05) is 6.42 Å². The third-order valence-electron chi connectivity index (χ3n) is 1.58. The van der Waals surface area contributed by atoms with Gasteiger partial charge in [-0.25, -0.2) is 4.79 Å². The van der Waals surface area contributed by atoms with E-state index in [9.17, 15) is 13.6 Å². The van der Waals surface area contributed by atoms with Crippen molar-refractivity contribution in [1.82, 2.24) is 0 Å². The molecule has 0 radical (unpaired) electrons. The molecule has 0 unspecified atom stereocenters. The number of carbonyl (C=O) groups excluding carboxylic acids is 1. The Morgan fingerprint density at radius 2 is 2.36 bits per heavy atom. The summed E-state index contributed by atoms with van der Waals surface area (Å²) in [5, 5.41) is 3.28. The van der Waals surface area contributed by atoms with Crippen LogP contribution in [-0.4, -0.2) is 18.5 Å². The van der Waals surface area contributed by atoms with Crippen LogP contribution in [0.2, 0.25) is 0 Å². The maximum Gasteiger partial charge on any atom is 0.377 e. The Labute approximate surface area is 84.5 Å². The van der Waals surface area contributed by atoms with Crippen molar-refractivity contribution < 1.29 is 18.3 Å². The van der Waals surface area contributed by atoms with E-state index >= 15 is 0 Å². The molecule has 0 fully saturated rings. The highest BCUT2D eigenvalue weighted by Gasteiger charge is 2.40. The zero-order chi connectivity index (χ0) is 10.6. The van der Waals surface area contributed by atoms with Gasteiger partial charge < -0.3 is 4.74 Å². The summed E-state index contributed by atoms with van der Waals surface area (Å²) in [4.78, 5) is 10.8. The Bertz CT molecular complexity index is 296. The summed E-state index contributed by atoms with van der Waals surface area (Å²) in [6, 6.07) is 1.57. The van der Waals surface area contributed by atoms with E-state index in [1.807, 2.05) is 0 Å². The van der Waals surface area contributed by atoms with Gasteiger partial charge in [-0.15, -0.1) is 0 Å². The quantitative estimate of drug-likeness (QED) is 0.729. The maximum absolute atomic E-state index is 13.1. The van der Waals surface area contributed by atoms with Crippen molar-refractivity contribution in [2.45, 2.75) is 19.3 Å². The van der Waals surface area contributed by atoms with Crippen molar-refractivity contribution in [3.63, 3.8) is 0 Å². The summed E-state index contributed by atoms with van der Waals surface area (Å²) in [5.74, 6) is -4.87. The third kappa shape index (κ3) is 2.77. The van der Waals surface area contributed by atoms with E-state index in [0.717, 1.165) is 0 Å². The summed E-state index contributed by atoms with van der Waals surface area (Å²) in [6.07, 6.45) is -0.588. The number of hydrogen-bond donors (Lipinski definition) is 0. The zero-order valence-electron chi connectivity index (χ0n) is 7.63. The second-order valence-corrected chi connectivity index (χ2v) is 3.51. The first-order chi connectivity index (χ1) is 6.56. The molecule has 14 heavy (non-hydrogen) atoms. The van der Waals surface area contributed by atoms with Crippen LogP contribution < -0.4 is 0 Å². The van der Waals surface area contributed by atoms with Gasteiger partial charge in [0.25, 0.3) is 0 Å². The molecule has 1 aromatic heterocycles. The number of esters is 1. The van der Waals surface area contributed by atoms with E-state index in [1.165, 1.54) is 18.3 Å². The lowest BCUT2D eigenvalue weighted by Crippen LogP contribution is -2.32. The number of rotatable bonds is 4. The molecule has 0 spiro atoms. The van der Waals surface area contributed by atoms with Gasteiger partial charge in [-0.05, 0) is 29.3 Å². The molecule has 2 nitrogen and oxygen atoms in total. The lowest BCUT2D eigenvalue weighted by Gasteiger charge is -2.13. The Morgan fingerprint density at radius 3 is 2.86 bits per heavy atom. The van der Waals surface area contributed by atoms with Gasteiger partial charge in [-0.2, -0.15) is 20.1 Å². The Balaban J connectivity index is 2.61. The van der Waals surface area contributed by atoms with Gasteiger partial charge in [0.1, 0.15) is 0 Å². The molecule has 0 bridgehead atoms. The van der Waals surface area contributed by atoms with Crippen LogP contribution >= 0.6 is 11.3 Å². The van der Waals surface area contributed by atoms with Crippen molar-refractivity contribution >= 4 is 17.3 Å². The maximum atomic E-state index is 13.1. The second kappa shape index (κ2) is 4.50. The first-order valence-corrected chi connectivity index (χ1v) is 5.06. The fourth-order valence-electron chi connectivity index (χ4n) is 0.958. The first kappa shape index (κ1) is 11.1. The summed E-state index contributed by atoms with van der Waals surface area (Å²) < 4.78 is 30.5. The largest absolute Gasteiger partial charge is 0.462 e. The minimum Gasteiger partial charge on any atom is -0.462 e. The molecule has 78 valence electrons. The highest BCUT2D eigenvalue weighted by Crippen LogP contribution is 2.22. The SMILES string of the molecule is CCOC(=O)C(F)(F)Cc1ccsc1. The van der Waals surface area contributed by atoms with Crippen LogP contribution in [0.4, 0.5) is 8.78 Å². The van der Waals surface area contributed by atoms with Gasteiger partial charge in [0.05, 0.1) is 6.61 Å². The molecule has 0 amide bonds. The highest BCUT2D eigenvalue weighted by atomic mass is 32.1. The molecule has 0 aliphatic rings. The van der Waals surface area contributed by atoms with E-state index in [4.69, 9.17) is 0 Å². The average molecular weight is 220 g/mol. The summed E-state index contributed by atoms with van der Waals surface area (Å²) in [5.41, 5.74) is 0.452. The third-order valence-corrected chi connectivity index (χ3v) is 2.31. The Hall–Kier alpha value is -0.970.